The van der Waals surface area contributed by atoms with Gasteiger partial charge in [0.05, 0.1) is 21.0 Å². The summed E-state index contributed by atoms with van der Waals surface area (Å²) >= 11 is 12.4. The zero-order valence-electron chi connectivity index (χ0n) is 17.3. The molecule has 0 spiro atoms. The van der Waals surface area contributed by atoms with Gasteiger partial charge >= 0.3 is 0 Å². The summed E-state index contributed by atoms with van der Waals surface area (Å²) in [5.41, 5.74) is 4.54. The topological polar surface area (TPSA) is 58.2 Å². The lowest BCUT2D eigenvalue weighted by molar-refractivity contribution is 0.425. The summed E-state index contributed by atoms with van der Waals surface area (Å²) in [4.78, 5) is 0.256. The van der Waals surface area contributed by atoms with Crippen molar-refractivity contribution in [3.05, 3.63) is 99.6 Å². The van der Waals surface area contributed by atoms with Gasteiger partial charge in [-0.3, -0.25) is 4.72 Å². The summed E-state index contributed by atoms with van der Waals surface area (Å²) in [6.07, 6.45) is 5.25. The minimum absolute atomic E-state index is 0.0603. The van der Waals surface area contributed by atoms with Gasteiger partial charge in [-0.15, -0.1) is 0 Å². The van der Waals surface area contributed by atoms with Gasteiger partial charge in [0.2, 0.25) is 0 Å². The first-order valence-corrected chi connectivity index (χ1v) is 12.7. The number of halogens is 2. The van der Waals surface area contributed by atoms with Crippen LogP contribution in [0.25, 0.3) is 0 Å². The quantitative estimate of drug-likeness (QED) is 0.394. The Morgan fingerprint density at radius 2 is 1.84 bits per heavy atom. The molecule has 0 saturated carbocycles. The van der Waals surface area contributed by atoms with Gasteiger partial charge < -0.3 is 5.32 Å². The van der Waals surface area contributed by atoms with E-state index in [1.54, 1.807) is 18.2 Å². The summed E-state index contributed by atoms with van der Waals surface area (Å²) in [7, 11) is -3.70. The van der Waals surface area contributed by atoms with Crippen molar-refractivity contribution in [1.29, 1.82) is 0 Å². The summed E-state index contributed by atoms with van der Waals surface area (Å²) in [6.45, 7) is 1.93. The molecule has 2 aliphatic rings. The van der Waals surface area contributed by atoms with Crippen molar-refractivity contribution in [2.75, 3.05) is 10.0 Å². The Kier molecular flexibility index (Phi) is 5.44. The maximum absolute atomic E-state index is 13.1. The van der Waals surface area contributed by atoms with Crippen LogP contribution in [0.1, 0.15) is 35.1 Å². The Bertz CT molecular complexity index is 1340. The van der Waals surface area contributed by atoms with Crippen LogP contribution >= 0.6 is 23.2 Å². The molecule has 32 heavy (non-hydrogen) atoms. The largest absolute Gasteiger partial charge is 0.378 e. The van der Waals surface area contributed by atoms with Crippen molar-refractivity contribution >= 4 is 44.6 Å². The van der Waals surface area contributed by atoms with Crippen molar-refractivity contribution in [2.24, 2.45) is 5.92 Å². The third kappa shape index (κ3) is 3.90. The molecule has 0 bridgehead atoms. The lowest BCUT2D eigenvalue weighted by Crippen LogP contribution is -2.29. The third-order valence-corrected chi connectivity index (χ3v) is 8.34. The lowest BCUT2D eigenvalue weighted by Gasteiger charge is -2.37. The van der Waals surface area contributed by atoms with Gasteiger partial charge in [-0.2, -0.15) is 0 Å². The van der Waals surface area contributed by atoms with Gasteiger partial charge in [0, 0.05) is 17.3 Å². The van der Waals surface area contributed by atoms with Crippen LogP contribution in [0.15, 0.2) is 77.7 Å². The fraction of sp³-hybridized carbons (Fsp3) is 0.200. The molecule has 0 saturated heterocycles. The van der Waals surface area contributed by atoms with Crippen LogP contribution in [0.2, 0.25) is 10.0 Å². The molecule has 0 unspecified atom stereocenters. The molecule has 2 N–H and O–H groups in total. The Morgan fingerprint density at radius 1 is 1.00 bits per heavy atom. The Morgan fingerprint density at radius 3 is 2.62 bits per heavy atom. The Balaban J connectivity index is 1.49. The minimum Gasteiger partial charge on any atom is -0.378 e. The fourth-order valence-corrected chi connectivity index (χ4v) is 6.09. The lowest BCUT2D eigenvalue weighted by atomic mass is 9.77. The number of fused-ring (bicyclic) bond motifs is 3. The van der Waals surface area contributed by atoms with E-state index in [0.717, 1.165) is 28.8 Å². The number of sulfonamides is 1. The molecule has 1 aliphatic carbocycles. The molecule has 5 rings (SSSR count). The molecule has 7 heteroatoms. The second-order valence-corrected chi connectivity index (χ2v) is 10.9. The number of benzene rings is 3. The Hall–Kier alpha value is -2.47. The van der Waals surface area contributed by atoms with Gasteiger partial charge in [-0.25, -0.2) is 8.42 Å². The smallest absolute Gasteiger partial charge is 0.261 e. The summed E-state index contributed by atoms with van der Waals surface area (Å²) in [5.74, 6) is 0.391. The highest BCUT2D eigenvalue weighted by atomic mass is 35.5. The van der Waals surface area contributed by atoms with Crippen LogP contribution in [0, 0.1) is 12.8 Å². The van der Waals surface area contributed by atoms with E-state index in [2.05, 4.69) is 22.2 Å². The van der Waals surface area contributed by atoms with Gasteiger partial charge in [-0.05, 0) is 78.4 Å². The van der Waals surface area contributed by atoms with Crippen molar-refractivity contribution in [3.63, 3.8) is 0 Å². The number of hydrogen-bond donors (Lipinski definition) is 2. The molecule has 3 aromatic carbocycles. The molecule has 164 valence electrons. The van der Waals surface area contributed by atoms with E-state index in [1.807, 2.05) is 49.4 Å². The first-order valence-electron chi connectivity index (χ1n) is 10.4. The van der Waals surface area contributed by atoms with Crippen molar-refractivity contribution in [1.82, 2.24) is 0 Å². The number of rotatable bonds is 4. The van der Waals surface area contributed by atoms with Crippen molar-refractivity contribution < 1.29 is 8.42 Å². The number of anilines is 2. The molecule has 0 aromatic heterocycles. The molecule has 0 amide bonds. The molecular weight excluding hydrogens is 463 g/mol. The van der Waals surface area contributed by atoms with E-state index in [-0.39, 0.29) is 22.8 Å². The van der Waals surface area contributed by atoms with E-state index in [1.165, 1.54) is 0 Å². The monoisotopic (exact) mass is 484 g/mol. The summed E-state index contributed by atoms with van der Waals surface area (Å²) in [6, 6.07) is 18.4. The second kappa shape index (κ2) is 8.14. The first kappa shape index (κ1) is 21.4. The SMILES string of the molecule is Cc1cccc(NS(=O)(=O)c2ccc3c(c2)[C@H]2C=CC[C@H]2[C@@H](c2ccc(Cl)c(Cl)c2)N3)c1. The van der Waals surface area contributed by atoms with Gasteiger partial charge in [0.25, 0.3) is 10.0 Å². The molecule has 1 heterocycles. The first-order chi connectivity index (χ1) is 15.3. The molecular formula is C25H22Cl2N2O2S. The molecule has 0 fully saturated rings. The van der Waals surface area contributed by atoms with Crippen molar-refractivity contribution in [2.45, 2.75) is 30.2 Å². The summed E-state index contributed by atoms with van der Waals surface area (Å²) < 4.78 is 28.8. The van der Waals surface area contributed by atoms with Crippen LogP contribution in [-0.4, -0.2) is 8.42 Å². The van der Waals surface area contributed by atoms with E-state index in [4.69, 9.17) is 23.2 Å². The van der Waals surface area contributed by atoms with Gasteiger partial charge in [0.1, 0.15) is 0 Å². The van der Waals surface area contributed by atoms with Crippen LogP contribution in [0.4, 0.5) is 11.4 Å². The van der Waals surface area contributed by atoms with E-state index < -0.39 is 10.0 Å². The number of nitrogens with one attached hydrogen (secondary N) is 2. The maximum Gasteiger partial charge on any atom is 0.261 e. The van der Waals surface area contributed by atoms with E-state index in [0.29, 0.717) is 15.7 Å². The second-order valence-electron chi connectivity index (χ2n) is 8.37. The van der Waals surface area contributed by atoms with Crippen molar-refractivity contribution in [3.8, 4) is 0 Å². The zero-order chi connectivity index (χ0) is 22.5. The van der Waals surface area contributed by atoms with E-state index in [9.17, 15) is 8.42 Å². The fourth-order valence-electron chi connectivity index (χ4n) is 4.70. The highest BCUT2D eigenvalue weighted by molar-refractivity contribution is 7.92. The third-order valence-electron chi connectivity index (χ3n) is 6.22. The average Bonchev–Trinajstić information content (AvgIpc) is 3.25. The maximum atomic E-state index is 13.1. The Labute approximate surface area is 198 Å². The van der Waals surface area contributed by atoms with Crippen LogP contribution in [0.5, 0.6) is 0 Å². The highest BCUT2D eigenvalue weighted by Crippen LogP contribution is 2.50. The number of hydrogen-bond acceptors (Lipinski definition) is 3. The molecule has 1 aliphatic heterocycles. The van der Waals surface area contributed by atoms with Crippen LogP contribution in [0.3, 0.4) is 0 Å². The number of aryl methyl sites for hydroxylation is 1. The van der Waals surface area contributed by atoms with Gasteiger partial charge in [0.15, 0.2) is 0 Å². The summed E-state index contributed by atoms with van der Waals surface area (Å²) in [5, 5.41) is 4.67. The van der Waals surface area contributed by atoms with E-state index >= 15 is 0 Å². The molecule has 0 radical (unpaired) electrons. The molecule has 3 aromatic rings. The predicted molar refractivity (Wildman–Crippen MR) is 131 cm³/mol. The van der Waals surface area contributed by atoms with Crippen LogP contribution < -0.4 is 10.0 Å². The minimum atomic E-state index is -3.70. The highest BCUT2D eigenvalue weighted by Gasteiger charge is 2.38. The zero-order valence-corrected chi connectivity index (χ0v) is 19.7. The average molecular weight is 485 g/mol. The van der Waals surface area contributed by atoms with Gasteiger partial charge in [-0.1, -0.05) is 53.6 Å². The predicted octanol–water partition coefficient (Wildman–Crippen LogP) is 6.93. The number of allylic oxidation sites excluding steroid dienone is 2. The van der Waals surface area contributed by atoms with Crippen LogP contribution in [-0.2, 0) is 10.0 Å². The molecule has 3 atom stereocenters. The molecule has 4 nitrogen and oxygen atoms in total. The standard InChI is InChI=1S/C25H22Cl2N2O2S/c1-15-4-2-5-17(12-15)29-32(30,31)18-9-11-24-21(14-18)19-6-3-7-20(19)25(28-24)16-8-10-22(26)23(27)13-16/h2-6,8-14,19-20,25,28-29H,7H2,1H3/t19-,20+,25+/m0/s1. The normalized spacial score (nSPS) is 21.5.